The van der Waals surface area contributed by atoms with Gasteiger partial charge in [0.15, 0.2) is 0 Å². The first-order valence-corrected chi connectivity index (χ1v) is 7.17. The standard InChI is InChI=1S/C15H21N3O/c19-15(18-8-1-5-16-7-9-18)13-2-3-14-11-17-6-4-12(14)10-13/h2-3,10,16-17H,1,4-9,11H2. The fraction of sp³-hybridized carbons (Fsp3) is 0.533. The number of fused-ring (bicyclic) bond motifs is 1. The molecule has 1 amide bonds. The molecule has 2 aliphatic rings. The largest absolute Gasteiger partial charge is 0.337 e. The summed E-state index contributed by atoms with van der Waals surface area (Å²) in [6.45, 7) is 5.54. The first-order chi connectivity index (χ1) is 9.34. The van der Waals surface area contributed by atoms with Gasteiger partial charge in [0.1, 0.15) is 0 Å². The Labute approximate surface area is 114 Å². The van der Waals surface area contributed by atoms with Crippen molar-refractivity contribution >= 4 is 5.91 Å². The Morgan fingerprint density at radius 1 is 1.05 bits per heavy atom. The molecule has 0 aromatic heterocycles. The SMILES string of the molecule is O=C(c1ccc2c(c1)CCNC2)N1CCCNCC1. The molecule has 102 valence electrons. The van der Waals surface area contributed by atoms with Crippen LogP contribution in [0.4, 0.5) is 0 Å². The summed E-state index contributed by atoms with van der Waals surface area (Å²) in [6.07, 6.45) is 2.07. The molecule has 0 unspecified atom stereocenters. The predicted molar refractivity (Wildman–Crippen MR) is 75.2 cm³/mol. The lowest BCUT2D eigenvalue weighted by Gasteiger charge is -2.22. The van der Waals surface area contributed by atoms with Gasteiger partial charge in [-0.25, -0.2) is 0 Å². The number of nitrogens with one attached hydrogen (secondary N) is 2. The summed E-state index contributed by atoms with van der Waals surface area (Å²) in [4.78, 5) is 14.5. The van der Waals surface area contributed by atoms with E-state index in [-0.39, 0.29) is 5.91 Å². The second-order valence-corrected chi connectivity index (χ2v) is 5.31. The van der Waals surface area contributed by atoms with Crippen LogP contribution in [0.15, 0.2) is 18.2 Å². The Morgan fingerprint density at radius 3 is 2.95 bits per heavy atom. The Kier molecular flexibility index (Phi) is 3.80. The number of hydrogen-bond donors (Lipinski definition) is 2. The van der Waals surface area contributed by atoms with Crippen molar-refractivity contribution < 1.29 is 4.79 Å². The van der Waals surface area contributed by atoms with Gasteiger partial charge in [0.25, 0.3) is 5.91 Å². The summed E-state index contributed by atoms with van der Waals surface area (Å²) in [5.74, 6) is 0.185. The normalized spacial score (nSPS) is 19.7. The number of benzene rings is 1. The molecular weight excluding hydrogens is 238 g/mol. The first-order valence-electron chi connectivity index (χ1n) is 7.17. The van der Waals surface area contributed by atoms with Gasteiger partial charge in [-0.1, -0.05) is 6.07 Å². The second-order valence-electron chi connectivity index (χ2n) is 5.31. The van der Waals surface area contributed by atoms with Crippen molar-refractivity contribution in [1.82, 2.24) is 15.5 Å². The number of rotatable bonds is 1. The Morgan fingerprint density at radius 2 is 2.00 bits per heavy atom. The molecule has 0 atom stereocenters. The van der Waals surface area contributed by atoms with Gasteiger partial charge in [-0.15, -0.1) is 0 Å². The van der Waals surface area contributed by atoms with Crippen molar-refractivity contribution in [3.8, 4) is 0 Å². The van der Waals surface area contributed by atoms with E-state index in [0.29, 0.717) is 0 Å². The smallest absolute Gasteiger partial charge is 0.253 e. The molecule has 4 nitrogen and oxygen atoms in total. The molecule has 1 aromatic rings. The van der Waals surface area contributed by atoms with Gasteiger partial charge in [0.05, 0.1) is 0 Å². The minimum atomic E-state index is 0.185. The van der Waals surface area contributed by atoms with Crippen LogP contribution in [0.5, 0.6) is 0 Å². The molecule has 1 aromatic carbocycles. The average molecular weight is 259 g/mol. The molecule has 0 aliphatic carbocycles. The van der Waals surface area contributed by atoms with Crippen LogP contribution in [-0.4, -0.2) is 43.5 Å². The zero-order valence-electron chi connectivity index (χ0n) is 11.2. The molecule has 3 rings (SSSR count). The van der Waals surface area contributed by atoms with Crippen molar-refractivity contribution in [3.63, 3.8) is 0 Å². The molecule has 1 fully saturated rings. The number of amides is 1. The van der Waals surface area contributed by atoms with Crippen LogP contribution in [0.2, 0.25) is 0 Å². The summed E-state index contributed by atoms with van der Waals surface area (Å²) in [5.41, 5.74) is 3.51. The molecule has 1 saturated heterocycles. The summed E-state index contributed by atoms with van der Waals surface area (Å²) in [5, 5.41) is 6.69. The van der Waals surface area contributed by atoms with E-state index in [2.05, 4.69) is 22.8 Å². The zero-order valence-corrected chi connectivity index (χ0v) is 11.2. The minimum Gasteiger partial charge on any atom is -0.337 e. The lowest BCUT2D eigenvalue weighted by molar-refractivity contribution is 0.0766. The third-order valence-corrected chi connectivity index (χ3v) is 3.97. The lowest BCUT2D eigenvalue weighted by atomic mass is 9.98. The summed E-state index contributed by atoms with van der Waals surface area (Å²) in [7, 11) is 0. The predicted octanol–water partition coefficient (Wildman–Crippen LogP) is 0.768. The Hall–Kier alpha value is -1.39. The fourth-order valence-electron chi connectivity index (χ4n) is 2.84. The number of carbonyl (C=O) groups is 1. The zero-order chi connectivity index (χ0) is 13.1. The van der Waals surface area contributed by atoms with Crippen molar-refractivity contribution in [3.05, 3.63) is 34.9 Å². The van der Waals surface area contributed by atoms with Gasteiger partial charge in [-0.05, 0) is 49.2 Å². The molecule has 2 aliphatic heterocycles. The van der Waals surface area contributed by atoms with E-state index >= 15 is 0 Å². The maximum atomic E-state index is 12.5. The summed E-state index contributed by atoms with van der Waals surface area (Å²) in [6, 6.07) is 6.17. The fourth-order valence-corrected chi connectivity index (χ4v) is 2.84. The molecule has 0 bridgehead atoms. The van der Waals surface area contributed by atoms with Crippen LogP contribution in [0, 0.1) is 0 Å². The van der Waals surface area contributed by atoms with Crippen LogP contribution < -0.4 is 10.6 Å². The summed E-state index contributed by atoms with van der Waals surface area (Å²) >= 11 is 0. The molecule has 19 heavy (non-hydrogen) atoms. The van der Waals surface area contributed by atoms with E-state index in [1.54, 1.807) is 0 Å². The van der Waals surface area contributed by atoms with E-state index < -0.39 is 0 Å². The van der Waals surface area contributed by atoms with E-state index in [4.69, 9.17) is 0 Å². The quantitative estimate of drug-likeness (QED) is 0.783. The van der Waals surface area contributed by atoms with Crippen molar-refractivity contribution in [2.75, 3.05) is 32.7 Å². The van der Waals surface area contributed by atoms with Crippen LogP contribution in [0.3, 0.4) is 0 Å². The van der Waals surface area contributed by atoms with Crippen molar-refractivity contribution in [2.45, 2.75) is 19.4 Å². The molecule has 0 radical (unpaired) electrons. The number of nitrogens with zero attached hydrogens (tertiary/aromatic N) is 1. The van der Waals surface area contributed by atoms with Crippen molar-refractivity contribution in [1.29, 1.82) is 0 Å². The highest BCUT2D eigenvalue weighted by Crippen LogP contribution is 2.17. The van der Waals surface area contributed by atoms with Gasteiger partial charge in [-0.3, -0.25) is 4.79 Å². The molecule has 2 N–H and O–H groups in total. The molecule has 4 heteroatoms. The average Bonchev–Trinajstić information content (AvgIpc) is 2.75. The van der Waals surface area contributed by atoms with Gasteiger partial charge in [0.2, 0.25) is 0 Å². The third-order valence-electron chi connectivity index (χ3n) is 3.97. The van der Waals surface area contributed by atoms with Gasteiger partial charge < -0.3 is 15.5 Å². The third kappa shape index (κ3) is 2.80. The van der Waals surface area contributed by atoms with E-state index in [0.717, 1.165) is 57.7 Å². The van der Waals surface area contributed by atoms with Crippen LogP contribution in [-0.2, 0) is 13.0 Å². The topological polar surface area (TPSA) is 44.4 Å². The van der Waals surface area contributed by atoms with Gasteiger partial charge in [0, 0.05) is 31.7 Å². The van der Waals surface area contributed by atoms with Crippen molar-refractivity contribution in [2.24, 2.45) is 0 Å². The Balaban J connectivity index is 1.78. The number of carbonyl (C=O) groups excluding carboxylic acids is 1. The summed E-state index contributed by atoms with van der Waals surface area (Å²) < 4.78 is 0. The van der Waals surface area contributed by atoms with Crippen LogP contribution in [0.25, 0.3) is 0 Å². The second kappa shape index (κ2) is 5.72. The highest BCUT2D eigenvalue weighted by atomic mass is 16.2. The van der Waals surface area contributed by atoms with E-state index in [1.165, 1.54) is 11.1 Å². The van der Waals surface area contributed by atoms with Gasteiger partial charge >= 0.3 is 0 Å². The monoisotopic (exact) mass is 259 g/mol. The maximum Gasteiger partial charge on any atom is 0.253 e. The number of hydrogen-bond acceptors (Lipinski definition) is 3. The maximum absolute atomic E-state index is 12.5. The van der Waals surface area contributed by atoms with E-state index in [9.17, 15) is 4.79 Å². The minimum absolute atomic E-state index is 0.185. The molecule has 0 spiro atoms. The van der Waals surface area contributed by atoms with Crippen LogP contribution >= 0.6 is 0 Å². The first kappa shape index (κ1) is 12.6. The lowest BCUT2D eigenvalue weighted by Crippen LogP contribution is -2.34. The molecule has 2 heterocycles. The van der Waals surface area contributed by atoms with E-state index in [1.807, 2.05) is 11.0 Å². The highest BCUT2D eigenvalue weighted by molar-refractivity contribution is 5.94. The Bertz CT molecular complexity index is 464. The molecular formula is C15H21N3O. The molecule has 0 saturated carbocycles. The highest BCUT2D eigenvalue weighted by Gasteiger charge is 2.18. The van der Waals surface area contributed by atoms with Crippen LogP contribution in [0.1, 0.15) is 27.9 Å². The van der Waals surface area contributed by atoms with Gasteiger partial charge in [-0.2, -0.15) is 0 Å².